The van der Waals surface area contributed by atoms with Crippen LogP contribution in [0.2, 0.25) is 0 Å². The maximum atomic E-state index is 11.7. The van der Waals surface area contributed by atoms with E-state index < -0.39 is 15.1 Å². The molecule has 0 bridgehead atoms. The van der Waals surface area contributed by atoms with Crippen LogP contribution in [-0.4, -0.2) is 31.2 Å². The third-order valence-electron chi connectivity index (χ3n) is 2.63. The van der Waals surface area contributed by atoms with Crippen molar-refractivity contribution in [1.82, 2.24) is 0 Å². The molecule has 0 aliphatic rings. The van der Waals surface area contributed by atoms with Crippen molar-refractivity contribution in [2.75, 3.05) is 17.5 Å². The number of unbranched alkanes of at least 4 members (excludes halogenated alkanes) is 5. The van der Waals surface area contributed by atoms with Crippen molar-refractivity contribution in [1.29, 1.82) is 0 Å². The molecule has 2 nitrogen and oxygen atoms in total. The van der Waals surface area contributed by atoms with Crippen molar-refractivity contribution in [2.24, 2.45) is 0 Å². The molecule has 5 heteroatoms. The lowest BCUT2D eigenvalue weighted by atomic mass is 10.1. The molecule has 0 rings (SSSR count). The first-order valence-corrected chi connectivity index (χ1v) is 8.70. The summed E-state index contributed by atoms with van der Waals surface area (Å²) < 4.78 is 23.4. The van der Waals surface area contributed by atoms with E-state index >= 15 is 0 Å². The van der Waals surface area contributed by atoms with Crippen LogP contribution in [0.4, 0.5) is 0 Å². The van der Waals surface area contributed by atoms with Crippen LogP contribution in [0.15, 0.2) is 0 Å². The van der Waals surface area contributed by atoms with E-state index in [1.807, 2.05) is 0 Å². The highest BCUT2D eigenvalue weighted by Gasteiger charge is 2.22. The highest BCUT2D eigenvalue weighted by atomic mass is 35.5. The van der Waals surface area contributed by atoms with E-state index in [1.165, 1.54) is 19.3 Å². The zero-order valence-electron chi connectivity index (χ0n) is 9.92. The monoisotopic (exact) mass is 288 g/mol. The van der Waals surface area contributed by atoms with Crippen LogP contribution in [0.5, 0.6) is 0 Å². The van der Waals surface area contributed by atoms with Gasteiger partial charge in [-0.1, -0.05) is 39.0 Å². The van der Waals surface area contributed by atoms with Crippen LogP contribution >= 0.6 is 23.2 Å². The fraction of sp³-hybridized carbons (Fsp3) is 1.00. The molecule has 0 fully saturated rings. The van der Waals surface area contributed by atoms with Crippen molar-refractivity contribution in [2.45, 2.75) is 50.7 Å². The minimum Gasteiger partial charge on any atom is -0.228 e. The standard InChI is InChI=1S/C11H22Cl2O2S/c1-2-3-4-5-6-7-8-16(14,15)11(9-12)10-13/h11H,2-10H2,1H3. The Labute approximate surface area is 110 Å². The average Bonchev–Trinajstić information content (AvgIpc) is 2.24. The van der Waals surface area contributed by atoms with Gasteiger partial charge in [-0.05, 0) is 6.42 Å². The third-order valence-corrected chi connectivity index (χ3v) is 5.95. The van der Waals surface area contributed by atoms with E-state index in [9.17, 15) is 8.42 Å². The fourth-order valence-corrected chi connectivity index (χ4v) is 4.29. The smallest absolute Gasteiger partial charge is 0.155 e. The Balaban J connectivity index is 3.74. The van der Waals surface area contributed by atoms with Crippen LogP contribution in [0.1, 0.15) is 45.4 Å². The van der Waals surface area contributed by atoms with Gasteiger partial charge >= 0.3 is 0 Å². The first-order chi connectivity index (χ1) is 7.58. The van der Waals surface area contributed by atoms with Gasteiger partial charge in [0, 0.05) is 11.8 Å². The Hall–Kier alpha value is 0.530. The predicted molar refractivity (Wildman–Crippen MR) is 72.4 cm³/mol. The molecule has 0 aromatic heterocycles. The summed E-state index contributed by atoms with van der Waals surface area (Å²) in [4.78, 5) is 0. The van der Waals surface area contributed by atoms with Crippen LogP contribution in [-0.2, 0) is 9.84 Å². The third kappa shape index (κ3) is 6.97. The van der Waals surface area contributed by atoms with Crippen molar-refractivity contribution >= 4 is 33.0 Å². The van der Waals surface area contributed by atoms with Crippen LogP contribution in [0.25, 0.3) is 0 Å². The van der Waals surface area contributed by atoms with Crippen molar-refractivity contribution in [3.63, 3.8) is 0 Å². The van der Waals surface area contributed by atoms with Gasteiger partial charge < -0.3 is 0 Å². The SMILES string of the molecule is CCCCCCCCS(=O)(=O)C(CCl)CCl. The summed E-state index contributed by atoms with van der Waals surface area (Å²) in [6.07, 6.45) is 6.48. The van der Waals surface area contributed by atoms with E-state index in [1.54, 1.807) is 0 Å². The first kappa shape index (κ1) is 16.5. The molecule has 0 unspecified atom stereocenters. The van der Waals surface area contributed by atoms with Crippen LogP contribution in [0, 0.1) is 0 Å². The lowest BCUT2D eigenvalue weighted by Crippen LogP contribution is -2.27. The Bertz CT molecular complexity index is 249. The maximum absolute atomic E-state index is 11.7. The number of hydrogen-bond acceptors (Lipinski definition) is 2. The fourth-order valence-electron chi connectivity index (χ4n) is 1.48. The molecule has 0 aliphatic carbocycles. The number of halogens is 2. The zero-order valence-corrected chi connectivity index (χ0v) is 12.3. The lowest BCUT2D eigenvalue weighted by Gasteiger charge is -2.11. The molecule has 0 radical (unpaired) electrons. The highest BCUT2D eigenvalue weighted by Crippen LogP contribution is 2.12. The lowest BCUT2D eigenvalue weighted by molar-refractivity contribution is 0.577. The molecule has 0 atom stereocenters. The minimum atomic E-state index is -3.08. The molecule has 0 saturated heterocycles. The predicted octanol–water partition coefficient (Wildman–Crippen LogP) is 3.61. The molecule has 0 aromatic carbocycles. The number of alkyl halides is 2. The molecule has 0 N–H and O–H groups in total. The Morgan fingerprint density at radius 1 is 0.938 bits per heavy atom. The van der Waals surface area contributed by atoms with Gasteiger partial charge in [0.05, 0.1) is 11.0 Å². The second-order valence-corrected chi connectivity index (χ2v) is 7.08. The van der Waals surface area contributed by atoms with Gasteiger partial charge in [0.2, 0.25) is 0 Å². The van der Waals surface area contributed by atoms with Gasteiger partial charge in [-0.25, -0.2) is 8.42 Å². The zero-order chi connectivity index (χ0) is 12.4. The largest absolute Gasteiger partial charge is 0.228 e. The van der Waals surface area contributed by atoms with Crippen LogP contribution < -0.4 is 0 Å². The van der Waals surface area contributed by atoms with E-state index in [0.29, 0.717) is 0 Å². The summed E-state index contributed by atoms with van der Waals surface area (Å²) >= 11 is 11.1. The second kappa shape index (κ2) is 9.55. The minimum absolute atomic E-state index is 0.0989. The maximum Gasteiger partial charge on any atom is 0.155 e. The van der Waals surface area contributed by atoms with Gasteiger partial charge in [0.15, 0.2) is 9.84 Å². The van der Waals surface area contributed by atoms with Crippen molar-refractivity contribution in [3.05, 3.63) is 0 Å². The molecular weight excluding hydrogens is 267 g/mol. The van der Waals surface area contributed by atoms with Gasteiger partial charge in [-0.3, -0.25) is 0 Å². The van der Waals surface area contributed by atoms with E-state index in [0.717, 1.165) is 19.3 Å². The van der Waals surface area contributed by atoms with Crippen molar-refractivity contribution in [3.8, 4) is 0 Å². The number of rotatable bonds is 10. The Morgan fingerprint density at radius 2 is 1.44 bits per heavy atom. The van der Waals surface area contributed by atoms with Gasteiger partial charge in [0.25, 0.3) is 0 Å². The highest BCUT2D eigenvalue weighted by molar-refractivity contribution is 7.92. The quantitative estimate of drug-likeness (QED) is 0.455. The second-order valence-electron chi connectivity index (χ2n) is 4.07. The van der Waals surface area contributed by atoms with E-state index in [4.69, 9.17) is 23.2 Å². The summed E-state index contributed by atoms with van der Waals surface area (Å²) in [5, 5.41) is -0.577. The summed E-state index contributed by atoms with van der Waals surface area (Å²) in [6.45, 7) is 2.16. The molecule has 16 heavy (non-hydrogen) atoms. The Morgan fingerprint density at radius 3 is 1.94 bits per heavy atom. The summed E-state index contributed by atoms with van der Waals surface area (Å²) in [5.74, 6) is 0.423. The number of sulfone groups is 1. The number of hydrogen-bond donors (Lipinski definition) is 0. The molecule has 0 aliphatic heterocycles. The summed E-state index contributed by atoms with van der Waals surface area (Å²) in [6, 6.07) is 0. The Kier molecular flexibility index (Phi) is 9.87. The molecular formula is C11H22Cl2O2S. The van der Waals surface area contributed by atoms with E-state index in [2.05, 4.69) is 6.92 Å². The van der Waals surface area contributed by atoms with Gasteiger partial charge in [-0.15, -0.1) is 23.2 Å². The average molecular weight is 289 g/mol. The molecule has 0 saturated carbocycles. The van der Waals surface area contributed by atoms with Gasteiger partial charge in [-0.2, -0.15) is 0 Å². The normalized spacial score (nSPS) is 12.2. The van der Waals surface area contributed by atoms with Gasteiger partial charge in [0.1, 0.15) is 0 Å². The molecule has 0 spiro atoms. The molecule has 0 aromatic rings. The molecule has 0 heterocycles. The molecule has 98 valence electrons. The topological polar surface area (TPSA) is 34.1 Å². The summed E-state index contributed by atoms with van der Waals surface area (Å²) in [5.41, 5.74) is 0. The van der Waals surface area contributed by atoms with Crippen LogP contribution in [0.3, 0.4) is 0 Å². The van der Waals surface area contributed by atoms with E-state index in [-0.39, 0.29) is 17.5 Å². The first-order valence-electron chi connectivity index (χ1n) is 5.92. The summed E-state index contributed by atoms with van der Waals surface area (Å²) in [7, 11) is -3.08. The van der Waals surface area contributed by atoms with Crippen molar-refractivity contribution < 1.29 is 8.42 Å². The molecule has 0 amide bonds.